The highest BCUT2D eigenvalue weighted by Gasteiger charge is 2.22. The molecular formula is C41H73O9P. The Morgan fingerprint density at radius 3 is 1.49 bits per heavy atom. The van der Waals surface area contributed by atoms with Gasteiger partial charge in [-0.15, -0.1) is 0 Å². The van der Waals surface area contributed by atoms with Crippen molar-refractivity contribution in [3.05, 3.63) is 48.6 Å². The summed E-state index contributed by atoms with van der Waals surface area (Å²) in [6, 6.07) is 0. The van der Waals surface area contributed by atoms with Gasteiger partial charge in [-0.25, -0.2) is 4.57 Å². The number of phosphoric ester groups is 1. The molecule has 0 rings (SSSR count). The van der Waals surface area contributed by atoms with E-state index in [0.29, 0.717) is 19.3 Å². The number of aliphatic hydroxyl groups excluding tert-OH is 1. The lowest BCUT2D eigenvalue weighted by Crippen LogP contribution is -2.29. The van der Waals surface area contributed by atoms with Crippen molar-refractivity contribution in [1.82, 2.24) is 0 Å². The molecule has 0 aliphatic heterocycles. The first-order valence-corrected chi connectivity index (χ1v) is 21.5. The monoisotopic (exact) mass is 740 g/mol. The van der Waals surface area contributed by atoms with Crippen LogP contribution in [-0.4, -0.2) is 52.3 Å². The van der Waals surface area contributed by atoms with E-state index in [9.17, 15) is 19.3 Å². The fourth-order valence-electron chi connectivity index (χ4n) is 5.38. The largest absolute Gasteiger partial charge is 0.469 e. The summed E-state index contributed by atoms with van der Waals surface area (Å²) in [5, 5.41) is 9.24. The third-order valence-electron chi connectivity index (χ3n) is 8.37. The second-order valence-electron chi connectivity index (χ2n) is 13.5. The fraction of sp³-hybridized carbons (Fsp3) is 0.756. The molecule has 10 heteroatoms. The smallest absolute Gasteiger partial charge is 0.462 e. The third kappa shape index (κ3) is 40.6. The quantitative estimate of drug-likeness (QED) is 0.0248. The number of esters is 2. The summed E-state index contributed by atoms with van der Waals surface area (Å²) >= 11 is 0. The lowest BCUT2D eigenvalue weighted by atomic mass is 10.0. The molecule has 0 spiro atoms. The van der Waals surface area contributed by atoms with Crippen LogP contribution in [0.4, 0.5) is 0 Å². The molecule has 0 radical (unpaired) electrons. The molecule has 9 nitrogen and oxygen atoms in total. The molecule has 0 aliphatic rings. The minimum atomic E-state index is -4.77. The maximum Gasteiger partial charge on any atom is 0.469 e. The van der Waals surface area contributed by atoms with Gasteiger partial charge in [-0.2, -0.15) is 0 Å². The standard InChI is InChI=1S/C41H73O9P/c1-3-4-5-6-7-8-9-10-12-17-20-23-26-29-32-35-41(44)50-39(37-49-51(45,46)47)36-48-40(43)34-31-28-25-22-19-16-14-11-13-15-18-21-24-27-30-33-38(2)42/h13-16,21-22,24-25,38-39,42H,3-12,17-20,23,26-37H2,1-2H3,(H2,45,46,47)/b15-13-,16-14-,24-21-,25-22-/t38-,39-/m1/s1. The summed E-state index contributed by atoms with van der Waals surface area (Å²) in [4.78, 5) is 42.7. The Kier molecular flexibility index (Phi) is 34.9. The predicted molar refractivity (Wildman–Crippen MR) is 208 cm³/mol. The molecule has 0 saturated carbocycles. The van der Waals surface area contributed by atoms with Gasteiger partial charge >= 0.3 is 19.8 Å². The highest BCUT2D eigenvalue weighted by Crippen LogP contribution is 2.36. The van der Waals surface area contributed by atoms with Crippen LogP contribution in [0.15, 0.2) is 48.6 Å². The van der Waals surface area contributed by atoms with Crippen LogP contribution in [0.1, 0.15) is 174 Å². The number of carbonyl (C=O) groups excluding carboxylic acids is 2. The van der Waals surface area contributed by atoms with E-state index in [0.717, 1.165) is 57.8 Å². The van der Waals surface area contributed by atoms with E-state index in [2.05, 4.69) is 54.0 Å². The molecule has 51 heavy (non-hydrogen) atoms. The maximum absolute atomic E-state index is 12.4. The van der Waals surface area contributed by atoms with Gasteiger partial charge in [-0.3, -0.25) is 14.1 Å². The minimum absolute atomic E-state index is 0.180. The normalized spacial score (nSPS) is 13.6. The summed E-state index contributed by atoms with van der Waals surface area (Å²) in [5.41, 5.74) is 0. The molecular weight excluding hydrogens is 667 g/mol. The Morgan fingerprint density at radius 1 is 0.588 bits per heavy atom. The van der Waals surface area contributed by atoms with Crippen molar-refractivity contribution >= 4 is 19.8 Å². The van der Waals surface area contributed by atoms with Gasteiger partial charge in [0.2, 0.25) is 0 Å². The molecule has 0 aromatic heterocycles. The first kappa shape index (κ1) is 49.0. The highest BCUT2D eigenvalue weighted by molar-refractivity contribution is 7.46. The van der Waals surface area contributed by atoms with E-state index in [1.165, 1.54) is 70.6 Å². The molecule has 0 aromatic rings. The van der Waals surface area contributed by atoms with E-state index in [1.54, 1.807) is 0 Å². The Balaban J connectivity index is 4.03. The first-order valence-electron chi connectivity index (χ1n) is 20.0. The van der Waals surface area contributed by atoms with Crippen LogP contribution in [0.25, 0.3) is 0 Å². The summed E-state index contributed by atoms with van der Waals surface area (Å²) in [5.74, 6) is -0.965. The van der Waals surface area contributed by atoms with Gasteiger partial charge in [0.1, 0.15) is 6.61 Å². The van der Waals surface area contributed by atoms with Crippen LogP contribution in [0, 0.1) is 0 Å². The molecule has 0 aliphatic carbocycles. The number of hydrogen-bond acceptors (Lipinski definition) is 7. The van der Waals surface area contributed by atoms with Gasteiger partial charge in [0.15, 0.2) is 6.10 Å². The van der Waals surface area contributed by atoms with Crippen molar-refractivity contribution in [1.29, 1.82) is 0 Å². The number of carbonyl (C=O) groups is 2. The summed E-state index contributed by atoms with van der Waals surface area (Å²) < 4.78 is 26.3. The average Bonchev–Trinajstić information content (AvgIpc) is 3.08. The predicted octanol–water partition coefficient (Wildman–Crippen LogP) is 10.9. The molecule has 2 atom stereocenters. The Labute approximate surface area is 310 Å². The molecule has 0 amide bonds. The van der Waals surface area contributed by atoms with Gasteiger partial charge < -0.3 is 24.4 Å². The van der Waals surface area contributed by atoms with Gasteiger partial charge in [-0.1, -0.05) is 145 Å². The van der Waals surface area contributed by atoms with Gasteiger partial charge in [0.05, 0.1) is 12.7 Å². The van der Waals surface area contributed by atoms with Gasteiger partial charge in [0, 0.05) is 12.8 Å². The number of allylic oxidation sites excluding steroid dienone is 8. The van der Waals surface area contributed by atoms with Gasteiger partial charge in [0.25, 0.3) is 0 Å². The summed E-state index contributed by atoms with van der Waals surface area (Å²) in [6.45, 7) is 3.19. The lowest BCUT2D eigenvalue weighted by Gasteiger charge is -2.18. The number of rotatable bonds is 36. The summed E-state index contributed by atoms with van der Waals surface area (Å²) in [7, 11) is -4.77. The molecule has 296 valence electrons. The zero-order chi connectivity index (χ0) is 37.7. The van der Waals surface area contributed by atoms with Crippen molar-refractivity contribution < 1.29 is 43.0 Å². The number of hydrogen-bond donors (Lipinski definition) is 3. The molecule has 0 bridgehead atoms. The van der Waals surface area contributed by atoms with E-state index in [-0.39, 0.29) is 25.6 Å². The molecule has 0 aromatic carbocycles. The SMILES string of the molecule is CCCCCCCCCCCCCCCCCC(=O)O[C@H](COC(=O)CCC/C=C\C/C=C\C/C=C\C/C=C\CCC[C@@H](C)O)COP(=O)(O)O. The highest BCUT2D eigenvalue weighted by atomic mass is 31.2. The maximum atomic E-state index is 12.4. The zero-order valence-electron chi connectivity index (χ0n) is 32.1. The molecule has 0 heterocycles. The van der Waals surface area contributed by atoms with Crippen molar-refractivity contribution in [2.45, 2.75) is 187 Å². The Bertz CT molecular complexity index is 984. The average molecular weight is 741 g/mol. The number of ether oxygens (including phenoxy) is 2. The number of phosphoric acid groups is 1. The number of unbranched alkanes of at least 4 members (excludes halogenated alkanes) is 16. The van der Waals surface area contributed by atoms with E-state index in [1.807, 2.05) is 13.0 Å². The van der Waals surface area contributed by atoms with Crippen LogP contribution < -0.4 is 0 Å². The van der Waals surface area contributed by atoms with Crippen LogP contribution in [-0.2, 0) is 28.2 Å². The second kappa shape index (κ2) is 36.3. The van der Waals surface area contributed by atoms with Crippen molar-refractivity contribution in [2.75, 3.05) is 13.2 Å². The number of aliphatic hydroxyl groups is 1. The van der Waals surface area contributed by atoms with E-state index in [4.69, 9.17) is 19.3 Å². The molecule has 3 N–H and O–H groups in total. The first-order chi connectivity index (χ1) is 24.6. The molecule has 0 fully saturated rings. The van der Waals surface area contributed by atoms with Crippen molar-refractivity contribution in [3.8, 4) is 0 Å². The minimum Gasteiger partial charge on any atom is -0.462 e. The second-order valence-corrected chi connectivity index (χ2v) is 14.8. The topological polar surface area (TPSA) is 140 Å². The lowest BCUT2D eigenvalue weighted by molar-refractivity contribution is -0.161. The zero-order valence-corrected chi connectivity index (χ0v) is 33.0. The molecule has 0 unspecified atom stereocenters. The van der Waals surface area contributed by atoms with Crippen LogP contribution in [0.3, 0.4) is 0 Å². The third-order valence-corrected chi connectivity index (χ3v) is 8.85. The van der Waals surface area contributed by atoms with E-state index >= 15 is 0 Å². The van der Waals surface area contributed by atoms with Crippen LogP contribution in [0.2, 0.25) is 0 Å². The van der Waals surface area contributed by atoms with Crippen molar-refractivity contribution in [3.63, 3.8) is 0 Å². The Hall–Kier alpha value is -2.03. The summed E-state index contributed by atoms with van der Waals surface area (Å²) in [6.07, 6.45) is 41.1. The van der Waals surface area contributed by atoms with Crippen LogP contribution in [0.5, 0.6) is 0 Å². The van der Waals surface area contributed by atoms with Gasteiger partial charge in [-0.05, 0) is 64.7 Å². The fourth-order valence-corrected chi connectivity index (χ4v) is 5.74. The molecule has 0 saturated heterocycles. The Morgan fingerprint density at radius 2 is 1.02 bits per heavy atom. The van der Waals surface area contributed by atoms with Crippen molar-refractivity contribution in [2.24, 2.45) is 0 Å². The van der Waals surface area contributed by atoms with E-state index < -0.39 is 32.5 Å². The van der Waals surface area contributed by atoms with Crippen LogP contribution >= 0.6 is 7.82 Å².